The van der Waals surface area contributed by atoms with E-state index in [0.29, 0.717) is 46.4 Å². The molecule has 36 heavy (non-hydrogen) atoms. The van der Waals surface area contributed by atoms with Gasteiger partial charge < -0.3 is 15.2 Å². The molecule has 2 amide bonds. The Bertz CT molecular complexity index is 1180. The average Bonchev–Trinajstić information content (AvgIpc) is 3.25. The van der Waals surface area contributed by atoms with Gasteiger partial charge in [-0.05, 0) is 55.0 Å². The normalized spacial score (nSPS) is 12.1. The van der Waals surface area contributed by atoms with Crippen LogP contribution in [0.15, 0.2) is 53.7 Å². The molecular weight excluding hydrogens is 494 g/mol. The van der Waals surface area contributed by atoms with Gasteiger partial charge in [-0.3, -0.25) is 9.59 Å². The molecule has 1 heterocycles. The van der Waals surface area contributed by atoms with E-state index in [2.05, 4.69) is 48.5 Å². The standard InChI is InChI=1S/C27H34ClN5O2S/c1-6-33-25(23(15-17(2)3)30-26(35)21-9-7-8-10-22(21)28)31-32-27(33)36-16-24(34)29-20-13-11-19(12-14-20)18(4)5/h7-14,17-18,23H,6,15-16H2,1-5H3,(H,29,34)(H,30,35)/t23-/m0/s1. The fourth-order valence-corrected chi connectivity index (χ4v) is 4.85. The third kappa shape index (κ3) is 7.34. The number of hydrogen-bond acceptors (Lipinski definition) is 5. The highest BCUT2D eigenvalue weighted by Gasteiger charge is 2.25. The fraction of sp³-hybridized carbons (Fsp3) is 0.407. The molecule has 1 aromatic heterocycles. The molecule has 0 bridgehead atoms. The highest BCUT2D eigenvalue weighted by molar-refractivity contribution is 7.99. The maximum Gasteiger partial charge on any atom is 0.253 e. The topological polar surface area (TPSA) is 88.9 Å². The molecular formula is C27H34ClN5O2S. The third-order valence-electron chi connectivity index (χ3n) is 5.70. The number of anilines is 1. The summed E-state index contributed by atoms with van der Waals surface area (Å²) in [6, 6.07) is 14.5. The zero-order valence-electron chi connectivity index (χ0n) is 21.4. The van der Waals surface area contributed by atoms with Gasteiger partial charge in [0.2, 0.25) is 5.91 Å². The highest BCUT2D eigenvalue weighted by atomic mass is 35.5. The molecule has 0 saturated heterocycles. The molecule has 3 aromatic rings. The molecule has 3 rings (SSSR count). The Morgan fingerprint density at radius 1 is 1.03 bits per heavy atom. The van der Waals surface area contributed by atoms with Gasteiger partial charge in [-0.25, -0.2) is 0 Å². The Kier molecular flexibility index (Phi) is 9.96. The van der Waals surface area contributed by atoms with Crippen molar-refractivity contribution in [3.8, 4) is 0 Å². The summed E-state index contributed by atoms with van der Waals surface area (Å²) in [5, 5.41) is 15.8. The minimum Gasteiger partial charge on any atom is -0.342 e. The summed E-state index contributed by atoms with van der Waals surface area (Å²) in [5.74, 6) is 1.25. The van der Waals surface area contributed by atoms with Crippen LogP contribution < -0.4 is 10.6 Å². The van der Waals surface area contributed by atoms with E-state index in [0.717, 1.165) is 5.69 Å². The summed E-state index contributed by atoms with van der Waals surface area (Å²) in [4.78, 5) is 25.5. The average molecular weight is 528 g/mol. The van der Waals surface area contributed by atoms with Gasteiger partial charge in [0.1, 0.15) is 0 Å². The van der Waals surface area contributed by atoms with Crippen molar-refractivity contribution in [2.24, 2.45) is 5.92 Å². The molecule has 7 nitrogen and oxygen atoms in total. The summed E-state index contributed by atoms with van der Waals surface area (Å²) in [7, 11) is 0. The van der Waals surface area contributed by atoms with Gasteiger partial charge in [0.25, 0.3) is 5.91 Å². The number of nitrogens with zero attached hydrogens (tertiary/aromatic N) is 3. The van der Waals surface area contributed by atoms with Crippen molar-refractivity contribution >= 4 is 40.9 Å². The predicted molar refractivity (Wildman–Crippen MR) is 147 cm³/mol. The molecule has 0 spiro atoms. The number of amides is 2. The smallest absolute Gasteiger partial charge is 0.253 e. The van der Waals surface area contributed by atoms with Gasteiger partial charge in [0.05, 0.1) is 22.4 Å². The number of carbonyl (C=O) groups excluding carboxylic acids is 2. The Morgan fingerprint density at radius 2 is 1.72 bits per heavy atom. The lowest BCUT2D eigenvalue weighted by atomic mass is 10.0. The van der Waals surface area contributed by atoms with Crippen LogP contribution in [0.2, 0.25) is 5.02 Å². The van der Waals surface area contributed by atoms with Gasteiger partial charge in [0.15, 0.2) is 11.0 Å². The maximum absolute atomic E-state index is 13.0. The zero-order valence-corrected chi connectivity index (χ0v) is 23.0. The maximum atomic E-state index is 13.0. The summed E-state index contributed by atoms with van der Waals surface area (Å²) in [6.07, 6.45) is 0.686. The molecule has 0 saturated carbocycles. The summed E-state index contributed by atoms with van der Waals surface area (Å²) >= 11 is 7.56. The molecule has 1 atom stereocenters. The first kappa shape index (κ1) is 27.7. The van der Waals surface area contributed by atoms with Crippen LogP contribution in [0.5, 0.6) is 0 Å². The zero-order chi connectivity index (χ0) is 26.2. The Balaban J connectivity index is 1.70. The number of aromatic nitrogens is 3. The largest absolute Gasteiger partial charge is 0.342 e. The van der Waals surface area contributed by atoms with Crippen LogP contribution in [0.1, 0.15) is 74.7 Å². The highest BCUT2D eigenvalue weighted by Crippen LogP contribution is 2.26. The van der Waals surface area contributed by atoms with Gasteiger partial charge in [-0.2, -0.15) is 0 Å². The number of halogens is 1. The van der Waals surface area contributed by atoms with Crippen LogP contribution in [0.25, 0.3) is 0 Å². The molecule has 0 aliphatic carbocycles. The molecule has 2 N–H and O–H groups in total. The van der Waals surface area contributed by atoms with E-state index < -0.39 is 0 Å². The number of benzene rings is 2. The lowest BCUT2D eigenvalue weighted by molar-refractivity contribution is -0.113. The van der Waals surface area contributed by atoms with Crippen LogP contribution >= 0.6 is 23.4 Å². The van der Waals surface area contributed by atoms with Crippen molar-refractivity contribution in [2.75, 3.05) is 11.1 Å². The van der Waals surface area contributed by atoms with Gasteiger partial charge in [-0.15, -0.1) is 10.2 Å². The van der Waals surface area contributed by atoms with E-state index in [1.54, 1.807) is 24.3 Å². The minimum absolute atomic E-state index is 0.116. The minimum atomic E-state index is -0.344. The van der Waals surface area contributed by atoms with Crippen molar-refractivity contribution in [3.05, 3.63) is 70.5 Å². The number of thioether (sulfide) groups is 1. The lowest BCUT2D eigenvalue weighted by Gasteiger charge is -2.21. The van der Waals surface area contributed by atoms with E-state index in [1.165, 1.54) is 17.3 Å². The quantitative estimate of drug-likeness (QED) is 0.285. The monoisotopic (exact) mass is 527 g/mol. The van der Waals surface area contributed by atoms with Crippen LogP contribution in [0.4, 0.5) is 5.69 Å². The molecule has 0 aliphatic heterocycles. The second-order valence-electron chi connectivity index (χ2n) is 9.33. The van der Waals surface area contributed by atoms with Crippen molar-refractivity contribution in [1.82, 2.24) is 20.1 Å². The second-order valence-corrected chi connectivity index (χ2v) is 10.7. The molecule has 9 heteroatoms. The van der Waals surface area contributed by atoms with E-state index in [9.17, 15) is 9.59 Å². The van der Waals surface area contributed by atoms with Crippen LogP contribution in [-0.4, -0.2) is 32.3 Å². The first-order chi connectivity index (χ1) is 17.2. The SMILES string of the molecule is CCn1c(SCC(=O)Nc2ccc(C(C)C)cc2)nnc1[C@H](CC(C)C)NC(=O)c1ccccc1Cl. The van der Waals surface area contributed by atoms with E-state index in [4.69, 9.17) is 11.6 Å². The van der Waals surface area contributed by atoms with Crippen molar-refractivity contribution in [3.63, 3.8) is 0 Å². The van der Waals surface area contributed by atoms with E-state index in [-0.39, 0.29) is 23.6 Å². The number of carbonyl (C=O) groups is 2. The van der Waals surface area contributed by atoms with Gasteiger partial charge >= 0.3 is 0 Å². The summed E-state index contributed by atoms with van der Waals surface area (Å²) in [6.45, 7) is 11.1. The van der Waals surface area contributed by atoms with Crippen molar-refractivity contribution in [2.45, 2.75) is 64.7 Å². The summed E-state index contributed by atoms with van der Waals surface area (Å²) < 4.78 is 1.95. The number of hydrogen-bond donors (Lipinski definition) is 2. The Hall–Kier alpha value is -2.84. The summed E-state index contributed by atoms with van der Waals surface area (Å²) in [5.41, 5.74) is 2.41. The van der Waals surface area contributed by atoms with E-state index in [1.807, 2.05) is 35.8 Å². The second kappa shape index (κ2) is 12.9. The van der Waals surface area contributed by atoms with Gasteiger partial charge in [-0.1, -0.05) is 75.3 Å². The lowest BCUT2D eigenvalue weighted by Crippen LogP contribution is -2.31. The Labute approximate surface area is 222 Å². The number of nitrogens with one attached hydrogen (secondary N) is 2. The molecule has 192 valence electrons. The van der Waals surface area contributed by atoms with Gasteiger partial charge in [0, 0.05) is 12.2 Å². The molecule has 2 aromatic carbocycles. The Morgan fingerprint density at radius 3 is 2.33 bits per heavy atom. The predicted octanol–water partition coefficient (Wildman–Crippen LogP) is 6.32. The first-order valence-electron chi connectivity index (χ1n) is 12.2. The van der Waals surface area contributed by atoms with Crippen LogP contribution in [0, 0.1) is 5.92 Å². The molecule has 0 radical (unpaired) electrons. The molecule has 0 fully saturated rings. The van der Waals surface area contributed by atoms with Crippen molar-refractivity contribution < 1.29 is 9.59 Å². The molecule has 0 unspecified atom stereocenters. The molecule has 0 aliphatic rings. The van der Waals surface area contributed by atoms with Crippen molar-refractivity contribution in [1.29, 1.82) is 0 Å². The van der Waals surface area contributed by atoms with Crippen LogP contribution in [-0.2, 0) is 11.3 Å². The van der Waals surface area contributed by atoms with E-state index >= 15 is 0 Å². The number of rotatable bonds is 11. The third-order valence-corrected chi connectivity index (χ3v) is 6.99. The van der Waals surface area contributed by atoms with Crippen LogP contribution in [0.3, 0.4) is 0 Å². The fourth-order valence-electron chi connectivity index (χ4n) is 3.82. The first-order valence-corrected chi connectivity index (χ1v) is 13.6.